The van der Waals surface area contributed by atoms with Gasteiger partial charge in [0.05, 0.1) is 5.36 Å². The number of carbonyl (C=O) groups is 1. The van der Waals surface area contributed by atoms with E-state index >= 15 is 0 Å². The highest BCUT2D eigenvalue weighted by Gasteiger charge is 2.32. The lowest BCUT2D eigenvalue weighted by Gasteiger charge is -2.32. The Kier molecular flexibility index (Phi) is 5.92. The number of para-hydroxylation sites is 1. The van der Waals surface area contributed by atoms with E-state index in [1.807, 2.05) is 47.9 Å². The lowest BCUT2D eigenvalue weighted by molar-refractivity contribution is -0.116. The van der Waals surface area contributed by atoms with Crippen molar-refractivity contribution in [2.45, 2.75) is 32.4 Å². The van der Waals surface area contributed by atoms with Crippen molar-refractivity contribution in [3.05, 3.63) is 63.3 Å². The van der Waals surface area contributed by atoms with E-state index in [-0.39, 0.29) is 12.1 Å². The van der Waals surface area contributed by atoms with Crippen LogP contribution in [0.25, 0.3) is 11.8 Å². The van der Waals surface area contributed by atoms with Crippen LogP contribution in [0.3, 0.4) is 0 Å². The molecule has 7 heteroatoms. The molecule has 0 fully saturated rings. The second-order valence-electron chi connectivity index (χ2n) is 6.54. The smallest absolute Gasteiger partial charge is 0.276 e. The maximum absolute atomic E-state index is 12.9. The van der Waals surface area contributed by atoms with E-state index in [2.05, 4.69) is 18.3 Å². The van der Waals surface area contributed by atoms with Gasteiger partial charge in [0.15, 0.2) is 11.3 Å². The third-order valence-electron chi connectivity index (χ3n) is 4.51. The first kappa shape index (κ1) is 19.0. The minimum atomic E-state index is -0.343. The number of unbranched alkanes of at least 4 members (excludes halogenated alkanes) is 2. The summed E-state index contributed by atoms with van der Waals surface area (Å²) in [5.74, 6) is 0.824. The Hall–Kier alpha value is -2.38. The molecule has 0 spiro atoms. The fraction of sp³-hybridized carbons (Fsp3) is 0.286. The first-order valence-corrected chi connectivity index (χ1v) is 11.3. The highest BCUT2D eigenvalue weighted by Crippen LogP contribution is 2.22. The maximum atomic E-state index is 12.9. The van der Waals surface area contributed by atoms with Gasteiger partial charge in [0, 0.05) is 15.8 Å². The number of hydrazone groups is 1. The van der Waals surface area contributed by atoms with Gasteiger partial charge >= 0.3 is 0 Å². The fourth-order valence-electron chi connectivity index (χ4n) is 3.13. The summed E-state index contributed by atoms with van der Waals surface area (Å²) in [5.41, 5.74) is 0.560. The number of hydrogen-bond acceptors (Lipinski definition) is 6. The van der Waals surface area contributed by atoms with Crippen LogP contribution in [0.5, 0.6) is 0 Å². The topological polar surface area (TPSA) is 57.1 Å². The number of nitrogens with one attached hydrogen (secondary N) is 1. The number of amides is 1. The quantitative estimate of drug-likeness (QED) is 0.745. The average molecular weight is 411 g/mol. The zero-order valence-corrected chi connectivity index (χ0v) is 17.3. The lowest BCUT2D eigenvalue weighted by atomic mass is 10.1. The van der Waals surface area contributed by atoms with Crippen LogP contribution in [-0.4, -0.2) is 28.0 Å². The van der Waals surface area contributed by atoms with Crippen molar-refractivity contribution in [3.63, 3.8) is 0 Å². The number of nitrogens with zero attached hydrogens (tertiary/aromatic N) is 3. The molecule has 1 amide bonds. The number of carbonyl (C=O) groups excluding carboxylic acids is 1. The van der Waals surface area contributed by atoms with E-state index in [0.717, 1.165) is 27.6 Å². The highest BCUT2D eigenvalue weighted by atomic mass is 32.2. The maximum Gasteiger partial charge on any atom is 0.276 e. The molecule has 4 rings (SSSR count). The van der Waals surface area contributed by atoms with Gasteiger partial charge < -0.3 is 0 Å². The third-order valence-corrected chi connectivity index (χ3v) is 6.29. The molecule has 0 bridgehead atoms. The Balaban J connectivity index is 1.69. The first-order chi connectivity index (χ1) is 13.8. The molecule has 1 atom stereocenters. The number of fused-ring (bicyclic) bond motifs is 2. The van der Waals surface area contributed by atoms with Crippen molar-refractivity contribution in [2.24, 2.45) is 10.1 Å². The van der Waals surface area contributed by atoms with Crippen LogP contribution in [0.15, 0.2) is 57.9 Å². The molecule has 3 heterocycles. The number of thioether (sulfide) groups is 1. The van der Waals surface area contributed by atoms with Crippen molar-refractivity contribution < 1.29 is 4.79 Å². The zero-order valence-electron chi connectivity index (χ0n) is 15.7. The number of rotatable bonds is 6. The largest absolute Gasteiger partial charge is 0.298 e. The van der Waals surface area contributed by atoms with Gasteiger partial charge in [0.1, 0.15) is 5.70 Å². The molecular formula is C21H22N4OS2. The highest BCUT2D eigenvalue weighted by molar-refractivity contribution is 8.13. The van der Waals surface area contributed by atoms with Gasteiger partial charge in [-0.2, -0.15) is 0 Å². The van der Waals surface area contributed by atoms with Crippen molar-refractivity contribution in [3.8, 4) is 0 Å². The van der Waals surface area contributed by atoms with Gasteiger partial charge in [0.25, 0.3) is 5.91 Å². The molecule has 0 unspecified atom stereocenters. The molecule has 1 N–H and O–H groups in total. The van der Waals surface area contributed by atoms with E-state index in [1.165, 1.54) is 12.8 Å². The summed E-state index contributed by atoms with van der Waals surface area (Å²) in [6.07, 6.45) is 7.17. The van der Waals surface area contributed by atoms with Crippen LogP contribution in [0.4, 0.5) is 0 Å². The Morgan fingerprint density at radius 3 is 2.96 bits per heavy atom. The van der Waals surface area contributed by atoms with Gasteiger partial charge in [-0.15, -0.1) is 16.4 Å². The summed E-state index contributed by atoms with van der Waals surface area (Å²) in [6.45, 7) is 2.18. The van der Waals surface area contributed by atoms with Crippen LogP contribution < -0.4 is 15.9 Å². The zero-order chi connectivity index (χ0) is 19.3. The molecule has 2 aliphatic rings. The molecular weight excluding hydrogens is 388 g/mol. The summed E-state index contributed by atoms with van der Waals surface area (Å²) in [4.78, 5) is 18.9. The summed E-state index contributed by atoms with van der Waals surface area (Å²) in [7, 11) is 0. The van der Waals surface area contributed by atoms with Gasteiger partial charge in [-0.05, 0) is 36.1 Å². The molecule has 1 aromatic heterocycles. The molecule has 28 heavy (non-hydrogen) atoms. The Labute approximate surface area is 172 Å². The Morgan fingerprint density at radius 2 is 2.14 bits per heavy atom. The molecule has 2 aromatic rings. The third kappa shape index (κ3) is 4.05. The molecule has 0 aliphatic carbocycles. The van der Waals surface area contributed by atoms with Crippen molar-refractivity contribution >= 4 is 45.9 Å². The normalized spacial score (nSPS) is 18.4. The second-order valence-corrected chi connectivity index (χ2v) is 8.61. The van der Waals surface area contributed by atoms with E-state index in [1.54, 1.807) is 28.1 Å². The monoisotopic (exact) mass is 410 g/mol. The molecule has 144 valence electrons. The van der Waals surface area contributed by atoms with Crippen LogP contribution in [0.2, 0.25) is 0 Å². The number of amidine groups is 1. The molecule has 1 aromatic carbocycles. The summed E-state index contributed by atoms with van der Waals surface area (Å²) < 4.78 is 0. The first-order valence-electron chi connectivity index (χ1n) is 9.47. The van der Waals surface area contributed by atoms with E-state index in [0.29, 0.717) is 10.9 Å². The SMILES string of the molecule is CCCCCSC1=NN2C(=c3ccccc3=N[C@H]2/C=C/c2cccs2)C(=O)N1. The standard InChI is InChI=1S/C21H22N4OS2/c1-2-3-6-13-28-21-23-20(26)19-16-9-4-5-10-17(16)22-18(25(19)24-21)12-11-15-8-7-14-27-15/h4-5,7-12,14,18H,2-3,6,13H2,1H3,(H,23,24,26)/b12-11+/t18-/m1/s1. The van der Waals surface area contributed by atoms with Gasteiger partial charge in [0.2, 0.25) is 0 Å². The average Bonchev–Trinajstić information content (AvgIpc) is 3.23. The summed E-state index contributed by atoms with van der Waals surface area (Å²) >= 11 is 3.27. The second kappa shape index (κ2) is 8.75. The Bertz CT molecular complexity index is 1030. The van der Waals surface area contributed by atoms with Crippen LogP contribution >= 0.6 is 23.1 Å². The van der Waals surface area contributed by atoms with Crippen molar-refractivity contribution in [2.75, 3.05) is 5.75 Å². The van der Waals surface area contributed by atoms with Gasteiger partial charge in [-0.25, -0.2) is 5.01 Å². The summed E-state index contributed by atoms with van der Waals surface area (Å²) in [5, 5.41) is 13.8. The fourth-order valence-corrected chi connectivity index (χ4v) is 4.61. The molecule has 5 nitrogen and oxygen atoms in total. The molecule has 0 saturated heterocycles. The number of hydrogen-bond donors (Lipinski definition) is 1. The summed E-state index contributed by atoms with van der Waals surface area (Å²) in [6, 6.07) is 11.8. The molecule has 0 saturated carbocycles. The van der Waals surface area contributed by atoms with Gasteiger partial charge in [-0.1, -0.05) is 55.8 Å². The van der Waals surface area contributed by atoms with Gasteiger partial charge in [-0.3, -0.25) is 15.1 Å². The van der Waals surface area contributed by atoms with Crippen LogP contribution in [-0.2, 0) is 4.79 Å². The van der Waals surface area contributed by atoms with Crippen LogP contribution in [0.1, 0.15) is 31.1 Å². The molecule has 2 aliphatic heterocycles. The number of thiophene rings is 1. The lowest BCUT2D eigenvalue weighted by Crippen LogP contribution is -2.52. The minimum Gasteiger partial charge on any atom is -0.298 e. The Morgan fingerprint density at radius 1 is 1.25 bits per heavy atom. The van der Waals surface area contributed by atoms with E-state index in [4.69, 9.17) is 10.1 Å². The minimum absolute atomic E-state index is 0.120. The number of benzene rings is 1. The van der Waals surface area contributed by atoms with E-state index < -0.39 is 0 Å². The van der Waals surface area contributed by atoms with Crippen molar-refractivity contribution in [1.82, 2.24) is 10.3 Å². The van der Waals surface area contributed by atoms with E-state index in [9.17, 15) is 4.79 Å². The predicted molar refractivity (Wildman–Crippen MR) is 117 cm³/mol. The predicted octanol–water partition coefficient (Wildman–Crippen LogP) is 3.16. The molecule has 0 radical (unpaired) electrons. The van der Waals surface area contributed by atoms with Crippen LogP contribution in [0, 0.1) is 0 Å². The van der Waals surface area contributed by atoms with Crippen molar-refractivity contribution in [1.29, 1.82) is 0 Å².